The number of benzene rings is 2. The van der Waals surface area contributed by atoms with E-state index < -0.39 is 0 Å². The summed E-state index contributed by atoms with van der Waals surface area (Å²) in [6.07, 6.45) is 0. The topological polar surface area (TPSA) is 106 Å². The van der Waals surface area contributed by atoms with E-state index in [1.807, 2.05) is 48.5 Å². The molecular weight excluding hydrogens is 422 g/mol. The maximum absolute atomic E-state index is 12.4. The second kappa shape index (κ2) is 7.81. The number of fused-ring (bicyclic) bond motifs is 3. The molecule has 0 aliphatic rings. The van der Waals surface area contributed by atoms with Crippen LogP contribution in [-0.4, -0.2) is 27.3 Å². The molecule has 10 heteroatoms. The lowest BCUT2D eigenvalue weighted by atomic mass is 10.2. The maximum Gasteiger partial charge on any atom is 0.294 e. The Morgan fingerprint density at radius 3 is 2.83 bits per heavy atom. The van der Waals surface area contributed by atoms with Crippen molar-refractivity contribution in [1.29, 1.82) is 0 Å². The minimum atomic E-state index is -0.286. The summed E-state index contributed by atoms with van der Waals surface area (Å²) in [4.78, 5) is 19.8. The molecule has 5 rings (SSSR count). The van der Waals surface area contributed by atoms with Crippen molar-refractivity contribution in [3.8, 4) is 5.75 Å². The van der Waals surface area contributed by atoms with Gasteiger partial charge in [-0.1, -0.05) is 35.2 Å². The third kappa shape index (κ3) is 3.62. The van der Waals surface area contributed by atoms with Gasteiger partial charge in [0.25, 0.3) is 5.56 Å². The third-order valence-corrected chi connectivity index (χ3v) is 6.34. The van der Waals surface area contributed by atoms with Crippen molar-refractivity contribution in [1.82, 2.24) is 20.2 Å². The van der Waals surface area contributed by atoms with E-state index in [0.29, 0.717) is 27.8 Å². The highest BCUT2D eigenvalue weighted by Gasteiger charge is 2.14. The minimum absolute atomic E-state index is 0.242. The number of aromatic nitrogens is 4. The smallest absolute Gasteiger partial charge is 0.294 e. The summed E-state index contributed by atoms with van der Waals surface area (Å²) < 4.78 is 11.6. The first-order valence-electron chi connectivity index (χ1n) is 8.97. The molecule has 30 heavy (non-hydrogen) atoms. The van der Waals surface area contributed by atoms with Crippen molar-refractivity contribution >= 4 is 56.0 Å². The van der Waals surface area contributed by atoms with E-state index in [4.69, 9.17) is 9.15 Å². The Hall–Kier alpha value is -3.37. The number of nitrogens with one attached hydrogen (secondary N) is 2. The lowest BCUT2D eigenvalue weighted by Crippen LogP contribution is -2.10. The second-order valence-corrected chi connectivity index (χ2v) is 8.50. The van der Waals surface area contributed by atoms with Gasteiger partial charge in [0.1, 0.15) is 22.7 Å². The number of para-hydroxylation sites is 1. The van der Waals surface area contributed by atoms with Crippen LogP contribution in [0.1, 0.15) is 5.82 Å². The number of furan rings is 1. The normalized spacial score (nSPS) is 11.2. The van der Waals surface area contributed by atoms with Crippen LogP contribution in [0.25, 0.3) is 22.1 Å². The Morgan fingerprint density at radius 2 is 2.00 bits per heavy atom. The van der Waals surface area contributed by atoms with Gasteiger partial charge in [0.2, 0.25) is 10.7 Å². The molecule has 0 unspecified atom stereocenters. The molecule has 0 atom stereocenters. The van der Waals surface area contributed by atoms with Crippen molar-refractivity contribution < 1.29 is 9.15 Å². The molecule has 0 spiro atoms. The number of H-pyrrole nitrogens is 1. The van der Waals surface area contributed by atoms with Crippen LogP contribution in [-0.2, 0) is 5.75 Å². The van der Waals surface area contributed by atoms with Gasteiger partial charge in [0.15, 0.2) is 4.34 Å². The van der Waals surface area contributed by atoms with Gasteiger partial charge in [-0.15, -0.1) is 10.2 Å². The van der Waals surface area contributed by atoms with E-state index in [1.165, 1.54) is 23.1 Å². The predicted octanol–water partition coefficient (Wildman–Crippen LogP) is 4.57. The number of ether oxygens (including phenoxy) is 1. The van der Waals surface area contributed by atoms with Crippen LogP contribution in [0.5, 0.6) is 5.75 Å². The number of thioether (sulfide) groups is 1. The number of aromatic amines is 1. The number of nitrogens with zero attached hydrogens (tertiary/aromatic N) is 3. The molecule has 0 aliphatic heterocycles. The van der Waals surface area contributed by atoms with E-state index in [1.54, 1.807) is 7.11 Å². The highest BCUT2D eigenvalue weighted by molar-refractivity contribution is 8.00. The molecule has 0 aliphatic carbocycles. The number of rotatable bonds is 6. The molecule has 2 N–H and O–H groups in total. The molecule has 2 aromatic carbocycles. The Bertz CT molecular complexity index is 1390. The van der Waals surface area contributed by atoms with Crippen LogP contribution in [0.4, 0.5) is 10.8 Å². The molecule has 150 valence electrons. The maximum atomic E-state index is 12.4. The Morgan fingerprint density at radius 1 is 1.17 bits per heavy atom. The van der Waals surface area contributed by atoms with Crippen LogP contribution in [0.15, 0.2) is 62.1 Å². The average molecular weight is 438 g/mol. The standard InChI is InChI=1S/C20H15N5O3S2/c1-27-12-8-6-11(7-9-12)21-19-24-25-20(30-19)29-10-15-22-16-13-4-2-3-5-14(13)28-17(16)18(26)23-15/h2-9H,10H2,1H3,(H,21,24)(H,22,23,26). The van der Waals surface area contributed by atoms with E-state index >= 15 is 0 Å². The Balaban J connectivity index is 1.32. The monoisotopic (exact) mass is 437 g/mol. The quantitative estimate of drug-likeness (QED) is 0.372. The van der Waals surface area contributed by atoms with Crippen LogP contribution < -0.4 is 15.6 Å². The Labute approximate surface area is 178 Å². The molecule has 0 saturated heterocycles. The molecule has 5 aromatic rings. The molecule has 0 fully saturated rings. The van der Waals surface area contributed by atoms with Gasteiger partial charge in [-0.3, -0.25) is 4.79 Å². The molecule has 0 radical (unpaired) electrons. The molecule has 0 amide bonds. The molecule has 3 heterocycles. The van der Waals surface area contributed by atoms with Crippen LogP contribution in [0.2, 0.25) is 0 Å². The molecular formula is C20H15N5O3S2. The van der Waals surface area contributed by atoms with E-state index in [2.05, 4.69) is 25.5 Å². The van der Waals surface area contributed by atoms with Gasteiger partial charge in [0, 0.05) is 11.1 Å². The van der Waals surface area contributed by atoms with Crippen molar-refractivity contribution in [2.24, 2.45) is 0 Å². The fraction of sp³-hybridized carbons (Fsp3) is 0.100. The Kier molecular flexibility index (Phi) is 4.85. The first-order valence-corrected chi connectivity index (χ1v) is 10.8. The fourth-order valence-electron chi connectivity index (χ4n) is 2.96. The summed E-state index contributed by atoms with van der Waals surface area (Å²) in [6.45, 7) is 0. The summed E-state index contributed by atoms with van der Waals surface area (Å²) in [7, 11) is 1.63. The molecule has 3 aromatic heterocycles. The zero-order chi connectivity index (χ0) is 20.5. The van der Waals surface area contributed by atoms with Gasteiger partial charge >= 0.3 is 0 Å². The van der Waals surface area contributed by atoms with E-state index in [0.717, 1.165) is 21.2 Å². The van der Waals surface area contributed by atoms with E-state index in [9.17, 15) is 4.79 Å². The van der Waals surface area contributed by atoms with Crippen LogP contribution in [0, 0.1) is 0 Å². The fourth-order valence-corrected chi connectivity index (χ4v) is 4.60. The minimum Gasteiger partial charge on any atom is -0.497 e. The molecule has 0 bridgehead atoms. The lowest BCUT2D eigenvalue weighted by Gasteiger charge is -2.03. The summed E-state index contributed by atoms with van der Waals surface area (Å²) in [5.74, 6) is 1.81. The average Bonchev–Trinajstić information content (AvgIpc) is 3.37. The van der Waals surface area contributed by atoms with Gasteiger partial charge in [-0.05, 0) is 36.4 Å². The zero-order valence-corrected chi connectivity index (χ0v) is 17.3. The van der Waals surface area contributed by atoms with Gasteiger partial charge < -0.3 is 19.5 Å². The van der Waals surface area contributed by atoms with Crippen LogP contribution >= 0.6 is 23.1 Å². The SMILES string of the molecule is COc1ccc(Nc2nnc(SCc3nc4c(oc5ccccc54)c(=O)[nH]3)s2)cc1. The predicted molar refractivity (Wildman–Crippen MR) is 118 cm³/mol. The largest absolute Gasteiger partial charge is 0.497 e. The van der Waals surface area contributed by atoms with E-state index in [-0.39, 0.29) is 11.1 Å². The van der Waals surface area contributed by atoms with Crippen LogP contribution in [0.3, 0.4) is 0 Å². The number of methoxy groups -OCH3 is 1. The summed E-state index contributed by atoms with van der Waals surface area (Å²) in [5.41, 5.74) is 2.07. The summed E-state index contributed by atoms with van der Waals surface area (Å²) in [5, 5.41) is 13.1. The van der Waals surface area contributed by atoms with Gasteiger partial charge in [0.05, 0.1) is 12.9 Å². The zero-order valence-electron chi connectivity index (χ0n) is 15.7. The van der Waals surface area contributed by atoms with Gasteiger partial charge in [-0.25, -0.2) is 4.98 Å². The summed E-state index contributed by atoms with van der Waals surface area (Å²) in [6, 6.07) is 15.0. The molecule has 8 nitrogen and oxygen atoms in total. The van der Waals surface area contributed by atoms with Crippen molar-refractivity contribution in [3.63, 3.8) is 0 Å². The summed E-state index contributed by atoms with van der Waals surface area (Å²) >= 11 is 2.89. The third-order valence-electron chi connectivity index (χ3n) is 4.36. The first kappa shape index (κ1) is 18.6. The molecule has 0 saturated carbocycles. The number of anilines is 2. The van der Waals surface area contributed by atoms with Crippen molar-refractivity contribution in [2.45, 2.75) is 10.1 Å². The lowest BCUT2D eigenvalue weighted by molar-refractivity contribution is 0.415. The highest BCUT2D eigenvalue weighted by atomic mass is 32.2. The van der Waals surface area contributed by atoms with Gasteiger partial charge in [-0.2, -0.15) is 0 Å². The first-order chi connectivity index (χ1) is 14.7. The highest BCUT2D eigenvalue weighted by Crippen LogP contribution is 2.30. The number of hydrogen-bond donors (Lipinski definition) is 2. The number of hydrogen-bond acceptors (Lipinski definition) is 9. The van der Waals surface area contributed by atoms with Crippen molar-refractivity contribution in [3.05, 3.63) is 64.7 Å². The van der Waals surface area contributed by atoms with Crippen molar-refractivity contribution in [2.75, 3.05) is 12.4 Å². The second-order valence-electron chi connectivity index (χ2n) is 6.30.